The topological polar surface area (TPSA) is 103 Å². The third-order valence-electron chi connectivity index (χ3n) is 8.44. The van der Waals surface area contributed by atoms with Gasteiger partial charge in [-0.1, -0.05) is 25.7 Å². The minimum absolute atomic E-state index is 0.107. The average molecular weight is 546 g/mol. The zero-order valence-corrected chi connectivity index (χ0v) is 23.7. The van der Waals surface area contributed by atoms with Crippen molar-refractivity contribution >= 4 is 35.0 Å². The molecule has 3 aliphatic rings. The molecule has 2 aliphatic heterocycles. The summed E-state index contributed by atoms with van der Waals surface area (Å²) in [7, 11) is 3.29. The van der Waals surface area contributed by atoms with Crippen molar-refractivity contribution in [3.8, 4) is 18.1 Å². The highest BCUT2D eigenvalue weighted by Crippen LogP contribution is 2.38. The van der Waals surface area contributed by atoms with E-state index >= 15 is 0 Å². The van der Waals surface area contributed by atoms with Crippen LogP contribution in [0.4, 0.5) is 23.1 Å². The van der Waals surface area contributed by atoms with E-state index in [2.05, 4.69) is 38.3 Å². The van der Waals surface area contributed by atoms with E-state index in [9.17, 15) is 9.59 Å². The van der Waals surface area contributed by atoms with Gasteiger partial charge in [-0.05, 0) is 50.4 Å². The standard InChI is InChI=1S/C30H39N7O3/c1-5-20-19-37(23-9-7-8-10-23)27-25(35(3)29(20)39)18-31-30(34-27)33-24-12-11-21(17-26(24)40-4)28(38)32-22-13-15-36(6-2)16-14-22/h1,11-12,17-18,20,22-23H,6-10,13-16,19H2,2-4H3,(H,32,38)(H,31,33,34). The Morgan fingerprint density at radius 1 is 1.20 bits per heavy atom. The minimum atomic E-state index is -0.547. The number of methoxy groups -OCH3 is 1. The molecule has 3 heterocycles. The second kappa shape index (κ2) is 12.1. The summed E-state index contributed by atoms with van der Waals surface area (Å²) >= 11 is 0. The van der Waals surface area contributed by atoms with Gasteiger partial charge in [0.15, 0.2) is 5.82 Å². The molecule has 1 aliphatic carbocycles. The second-order valence-corrected chi connectivity index (χ2v) is 10.8. The Labute approximate surface area is 236 Å². The molecule has 1 aromatic heterocycles. The number of rotatable bonds is 7. The monoisotopic (exact) mass is 545 g/mol. The molecule has 1 unspecified atom stereocenters. The van der Waals surface area contributed by atoms with Crippen molar-refractivity contribution < 1.29 is 14.3 Å². The van der Waals surface area contributed by atoms with Crippen molar-refractivity contribution in [3.05, 3.63) is 30.0 Å². The Hall–Kier alpha value is -3.84. The average Bonchev–Trinajstić information content (AvgIpc) is 3.49. The summed E-state index contributed by atoms with van der Waals surface area (Å²) in [6, 6.07) is 5.77. The molecule has 5 rings (SSSR count). The predicted molar refractivity (Wildman–Crippen MR) is 156 cm³/mol. The first-order valence-corrected chi connectivity index (χ1v) is 14.3. The number of carbonyl (C=O) groups is 2. The number of hydrogen-bond acceptors (Lipinski definition) is 8. The number of aromatic nitrogens is 2. The number of ether oxygens (including phenoxy) is 1. The Balaban J connectivity index is 1.36. The van der Waals surface area contributed by atoms with Crippen molar-refractivity contribution in [2.45, 2.75) is 57.5 Å². The largest absolute Gasteiger partial charge is 0.495 e. The van der Waals surface area contributed by atoms with Crippen molar-refractivity contribution in [1.82, 2.24) is 20.2 Å². The van der Waals surface area contributed by atoms with E-state index in [1.54, 1.807) is 43.5 Å². The zero-order chi connectivity index (χ0) is 28.2. The Kier molecular flexibility index (Phi) is 8.40. The highest BCUT2D eigenvalue weighted by atomic mass is 16.5. The second-order valence-electron chi connectivity index (χ2n) is 10.8. The van der Waals surface area contributed by atoms with Crippen LogP contribution in [-0.2, 0) is 4.79 Å². The first-order chi connectivity index (χ1) is 19.4. The molecule has 0 radical (unpaired) electrons. The fraction of sp³-hybridized carbons (Fsp3) is 0.533. The van der Waals surface area contributed by atoms with E-state index < -0.39 is 5.92 Å². The number of terminal acetylenes is 1. The molecule has 0 spiro atoms. The van der Waals surface area contributed by atoms with Gasteiger partial charge in [0.25, 0.3) is 5.91 Å². The van der Waals surface area contributed by atoms with Crippen LogP contribution in [0.25, 0.3) is 0 Å². The lowest BCUT2D eigenvalue weighted by molar-refractivity contribution is -0.120. The molecular weight excluding hydrogens is 506 g/mol. The zero-order valence-electron chi connectivity index (χ0n) is 23.7. The third kappa shape index (κ3) is 5.70. The number of anilines is 4. The molecule has 10 nitrogen and oxygen atoms in total. The molecule has 1 aromatic carbocycles. The minimum Gasteiger partial charge on any atom is -0.495 e. The highest BCUT2D eigenvalue weighted by molar-refractivity contribution is 6.00. The maximum absolute atomic E-state index is 13.0. The highest BCUT2D eigenvalue weighted by Gasteiger charge is 2.36. The Bertz CT molecular complexity index is 1280. The SMILES string of the molecule is C#CC1CN(C2CCCC2)c2nc(Nc3ccc(C(=O)NC4CCN(CC)CC4)cc3OC)ncc2N(C)C1=O. The molecule has 2 N–H and O–H groups in total. The molecule has 1 saturated heterocycles. The van der Waals surface area contributed by atoms with Crippen LogP contribution in [0.2, 0.25) is 0 Å². The smallest absolute Gasteiger partial charge is 0.251 e. The van der Waals surface area contributed by atoms with Gasteiger partial charge < -0.3 is 30.1 Å². The van der Waals surface area contributed by atoms with Crippen LogP contribution in [0.15, 0.2) is 24.4 Å². The molecule has 2 amide bonds. The molecule has 1 saturated carbocycles. The quantitative estimate of drug-likeness (QED) is 0.511. The number of hydrogen-bond donors (Lipinski definition) is 2. The lowest BCUT2D eigenvalue weighted by Gasteiger charge is -2.31. The number of likely N-dealkylation sites (tertiary alicyclic amines) is 1. The normalized spacial score (nSPS) is 20.6. The maximum atomic E-state index is 13.0. The van der Waals surface area contributed by atoms with Crippen molar-refractivity contribution in [2.24, 2.45) is 5.92 Å². The van der Waals surface area contributed by atoms with Crippen LogP contribution in [0.5, 0.6) is 5.75 Å². The van der Waals surface area contributed by atoms with Gasteiger partial charge in [0, 0.05) is 44.3 Å². The van der Waals surface area contributed by atoms with Crippen LogP contribution in [0.3, 0.4) is 0 Å². The number of nitrogens with one attached hydrogen (secondary N) is 2. The number of carbonyl (C=O) groups excluding carboxylic acids is 2. The molecule has 1 atom stereocenters. The number of benzene rings is 1. The summed E-state index contributed by atoms with van der Waals surface area (Å²) in [5.41, 5.74) is 1.82. The first-order valence-electron chi connectivity index (χ1n) is 14.3. The van der Waals surface area contributed by atoms with E-state index in [1.807, 2.05) is 0 Å². The summed E-state index contributed by atoms with van der Waals surface area (Å²) in [6.45, 7) is 5.63. The molecule has 2 aromatic rings. The van der Waals surface area contributed by atoms with E-state index in [0.717, 1.165) is 58.2 Å². The van der Waals surface area contributed by atoms with Gasteiger partial charge in [-0.2, -0.15) is 4.98 Å². The van der Waals surface area contributed by atoms with Crippen molar-refractivity contribution in [2.75, 3.05) is 55.5 Å². The van der Waals surface area contributed by atoms with Gasteiger partial charge in [-0.25, -0.2) is 4.98 Å². The number of piperidine rings is 1. The van der Waals surface area contributed by atoms with Gasteiger partial charge >= 0.3 is 0 Å². The predicted octanol–water partition coefficient (Wildman–Crippen LogP) is 3.42. The third-order valence-corrected chi connectivity index (χ3v) is 8.44. The number of fused-ring (bicyclic) bond motifs is 1. The maximum Gasteiger partial charge on any atom is 0.251 e. The van der Waals surface area contributed by atoms with Crippen molar-refractivity contribution in [3.63, 3.8) is 0 Å². The van der Waals surface area contributed by atoms with E-state index in [0.29, 0.717) is 41.0 Å². The van der Waals surface area contributed by atoms with Gasteiger partial charge in [0.2, 0.25) is 11.9 Å². The van der Waals surface area contributed by atoms with E-state index in [-0.39, 0.29) is 23.9 Å². The molecule has 0 bridgehead atoms. The summed E-state index contributed by atoms with van der Waals surface area (Å²) < 4.78 is 5.63. The Morgan fingerprint density at radius 3 is 2.62 bits per heavy atom. The number of amides is 2. The number of nitrogens with zero attached hydrogens (tertiary/aromatic N) is 5. The molecule has 212 valence electrons. The molecule has 40 heavy (non-hydrogen) atoms. The summed E-state index contributed by atoms with van der Waals surface area (Å²) in [6.07, 6.45) is 13.7. The summed E-state index contributed by atoms with van der Waals surface area (Å²) in [4.78, 5) is 41.6. The van der Waals surface area contributed by atoms with Crippen molar-refractivity contribution in [1.29, 1.82) is 0 Å². The van der Waals surface area contributed by atoms with Gasteiger partial charge in [0.05, 0.1) is 19.0 Å². The summed E-state index contributed by atoms with van der Waals surface area (Å²) in [5, 5.41) is 6.43. The van der Waals surface area contributed by atoms with Crippen LogP contribution in [0.1, 0.15) is 55.8 Å². The fourth-order valence-corrected chi connectivity index (χ4v) is 5.97. The summed E-state index contributed by atoms with van der Waals surface area (Å²) in [5.74, 6) is 3.48. The van der Waals surface area contributed by atoms with Gasteiger partial charge in [-0.3, -0.25) is 9.59 Å². The molecule has 10 heteroatoms. The lowest BCUT2D eigenvalue weighted by Crippen LogP contribution is -2.44. The van der Waals surface area contributed by atoms with Crippen LogP contribution in [-0.4, -0.2) is 79.1 Å². The van der Waals surface area contributed by atoms with Crippen LogP contribution in [0, 0.1) is 18.3 Å². The molecule has 2 fully saturated rings. The van der Waals surface area contributed by atoms with Gasteiger partial charge in [0.1, 0.15) is 17.4 Å². The fourth-order valence-electron chi connectivity index (χ4n) is 5.97. The van der Waals surface area contributed by atoms with Gasteiger partial charge in [-0.15, -0.1) is 6.42 Å². The molecular formula is C30H39N7O3. The van der Waals surface area contributed by atoms with Crippen LogP contribution < -0.4 is 25.2 Å². The van der Waals surface area contributed by atoms with Crippen LogP contribution >= 0.6 is 0 Å². The van der Waals surface area contributed by atoms with E-state index in [1.165, 1.54) is 0 Å². The Morgan fingerprint density at radius 2 is 1.95 bits per heavy atom. The lowest BCUT2D eigenvalue weighted by atomic mass is 10.0. The van der Waals surface area contributed by atoms with E-state index in [4.69, 9.17) is 16.1 Å². The first kappa shape index (κ1) is 27.7.